The van der Waals surface area contributed by atoms with Gasteiger partial charge in [0.1, 0.15) is 12.4 Å². The molecule has 0 spiro atoms. The van der Waals surface area contributed by atoms with Crippen molar-refractivity contribution in [3.8, 4) is 5.75 Å². The molecule has 0 aliphatic carbocycles. The Morgan fingerprint density at radius 3 is 2.63 bits per heavy atom. The molecule has 0 bridgehead atoms. The van der Waals surface area contributed by atoms with Crippen LogP contribution in [0, 0.1) is 13.8 Å². The number of nitrogens with two attached hydrogens (primary N) is 1. The lowest BCUT2D eigenvalue weighted by atomic mass is 10.1. The van der Waals surface area contributed by atoms with E-state index in [1.54, 1.807) is 11.9 Å². The van der Waals surface area contributed by atoms with Gasteiger partial charge in [0.2, 0.25) is 11.1 Å². The highest BCUT2D eigenvalue weighted by atomic mass is 32.2. The Bertz CT molecular complexity index is 1010. The number of carbonyl (C=O) groups is 1. The van der Waals surface area contributed by atoms with Crippen molar-refractivity contribution in [2.45, 2.75) is 44.3 Å². The van der Waals surface area contributed by atoms with Gasteiger partial charge in [0, 0.05) is 13.6 Å². The Labute approximate surface area is 181 Å². The number of benzene rings is 2. The number of nitrogen functional groups attached to an aromatic ring is 1. The van der Waals surface area contributed by atoms with Crippen molar-refractivity contribution in [3.05, 3.63) is 71.0 Å². The predicted octanol–water partition coefficient (Wildman–Crippen LogP) is 3.33. The SMILES string of the molecule is Cc1ccc(OCc2nnc(S[C@@H](C)C(=O)N(C)Cc3ccccc3)n2N)c(C)c1. The van der Waals surface area contributed by atoms with Crippen LogP contribution in [0.5, 0.6) is 5.75 Å². The van der Waals surface area contributed by atoms with E-state index < -0.39 is 0 Å². The fourth-order valence-corrected chi connectivity index (χ4v) is 3.95. The number of thioether (sulfide) groups is 1. The Morgan fingerprint density at radius 2 is 1.93 bits per heavy atom. The zero-order valence-electron chi connectivity index (χ0n) is 17.7. The van der Waals surface area contributed by atoms with Gasteiger partial charge in [-0.3, -0.25) is 4.79 Å². The van der Waals surface area contributed by atoms with E-state index in [0.29, 0.717) is 17.5 Å². The Balaban J connectivity index is 1.59. The summed E-state index contributed by atoms with van der Waals surface area (Å²) in [4.78, 5) is 14.4. The average Bonchev–Trinajstić information content (AvgIpc) is 3.07. The van der Waals surface area contributed by atoms with Gasteiger partial charge in [0.15, 0.2) is 5.82 Å². The van der Waals surface area contributed by atoms with Gasteiger partial charge in [-0.05, 0) is 38.0 Å². The molecule has 2 N–H and O–H groups in total. The highest BCUT2D eigenvalue weighted by molar-refractivity contribution is 8.00. The Kier molecular flexibility index (Phi) is 6.99. The second-order valence-corrected chi connectivity index (χ2v) is 8.57. The topological polar surface area (TPSA) is 86.3 Å². The van der Waals surface area contributed by atoms with E-state index in [9.17, 15) is 4.79 Å². The molecule has 3 rings (SSSR count). The number of nitrogens with zero attached hydrogens (tertiary/aromatic N) is 4. The summed E-state index contributed by atoms with van der Waals surface area (Å²) in [7, 11) is 1.79. The smallest absolute Gasteiger partial charge is 0.235 e. The summed E-state index contributed by atoms with van der Waals surface area (Å²) in [5.74, 6) is 7.42. The summed E-state index contributed by atoms with van der Waals surface area (Å²) < 4.78 is 7.23. The number of ether oxygens (including phenoxy) is 1. The maximum Gasteiger partial charge on any atom is 0.235 e. The van der Waals surface area contributed by atoms with Crippen LogP contribution < -0.4 is 10.6 Å². The van der Waals surface area contributed by atoms with E-state index in [2.05, 4.69) is 16.3 Å². The molecule has 0 radical (unpaired) electrons. The summed E-state index contributed by atoms with van der Waals surface area (Å²) >= 11 is 1.28. The van der Waals surface area contributed by atoms with Crippen molar-refractivity contribution >= 4 is 17.7 Å². The molecule has 158 valence electrons. The van der Waals surface area contributed by atoms with Gasteiger partial charge in [0.05, 0.1) is 5.25 Å². The maximum absolute atomic E-state index is 12.7. The Morgan fingerprint density at radius 1 is 1.20 bits per heavy atom. The lowest BCUT2D eigenvalue weighted by Gasteiger charge is -2.21. The van der Waals surface area contributed by atoms with Crippen LogP contribution in [-0.2, 0) is 17.9 Å². The molecule has 0 saturated heterocycles. The third kappa shape index (κ3) is 5.33. The van der Waals surface area contributed by atoms with Gasteiger partial charge in [-0.15, -0.1) is 10.2 Å². The van der Waals surface area contributed by atoms with Gasteiger partial charge >= 0.3 is 0 Å². The van der Waals surface area contributed by atoms with Crippen molar-refractivity contribution in [2.75, 3.05) is 12.9 Å². The van der Waals surface area contributed by atoms with Crippen molar-refractivity contribution in [1.82, 2.24) is 19.8 Å². The number of amides is 1. The molecule has 0 aliphatic rings. The minimum Gasteiger partial charge on any atom is -0.485 e. The molecule has 0 saturated carbocycles. The first-order valence-electron chi connectivity index (χ1n) is 9.70. The average molecular weight is 426 g/mol. The Hall–Kier alpha value is -3.00. The standard InChI is InChI=1S/C22H27N5O2S/c1-15-10-11-19(16(2)12-15)29-14-20-24-25-22(27(20)23)30-17(3)21(28)26(4)13-18-8-6-5-7-9-18/h5-12,17H,13-14,23H2,1-4H3/t17-/m0/s1. The highest BCUT2D eigenvalue weighted by Gasteiger charge is 2.22. The number of aromatic nitrogens is 3. The maximum atomic E-state index is 12.7. The molecular formula is C22H27N5O2S. The van der Waals surface area contributed by atoms with E-state index in [0.717, 1.165) is 16.9 Å². The molecule has 0 unspecified atom stereocenters. The summed E-state index contributed by atoms with van der Waals surface area (Å²) in [6, 6.07) is 15.9. The van der Waals surface area contributed by atoms with Crippen molar-refractivity contribution < 1.29 is 9.53 Å². The highest BCUT2D eigenvalue weighted by Crippen LogP contribution is 2.24. The summed E-state index contributed by atoms with van der Waals surface area (Å²) in [6.45, 7) is 6.63. The molecule has 30 heavy (non-hydrogen) atoms. The van der Waals surface area contributed by atoms with Gasteiger partial charge in [0.25, 0.3) is 0 Å². The molecule has 0 fully saturated rings. The number of aryl methyl sites for hydroxylation is 2. The molecule has 3 aromatic rings. The van der Waals surface area contributed by atoms with Crippen LogP contribution in [0.4, 0.5) is 0 Å². The van der Waals surface area contributed by atoms with Crippen LogP contribution in [0.25, 0.3) is 0 Å². The lowest BCUT2D eigenvalue weighted by molar-refractivity contribution is -0.129. The predicted molar refractivity (Wildman–Crippen MR) is 119 cm³/mol. The van der Waals surface area contributed by atoms with Crippen LogP contribution in [0.3, 0.4) is 0 Å². The minimum atomic E-state index is -0.349. The van der Waals surface area contributed by atoms with Crippen LogP contribution >= 0.6 is 11.8 Å². The largest absolute Gasteiger partial charge is 0.485 e. The number of hydrogen-bond acceptors (Lipinski definition) is 6. The van der Waals surface area contributed by atoms with E-state index in [1.807, 2.05) is 63.2 Å². The van der Waals surface area contributed by atoms with E-state index in [4.69, 9.17) is 10.6 Å². The third-order valence-corrected chi connectivity index (χ3v) is 5.74. The summed E-state index contributed by atoms with van der Waals surface area (Å²) in [5.41, 5.74) is 3.31. The van der Waals surface area contributed by atoms with Crippen molar-refractivity contribution in [3.63, 3.8) is 0 Å². The van der Waals surface area contributed by atoms with Crippen LogP contribution in [0.1, 0.15) is 29.4 Å². The van der Waals surface area contributed by atoms with Crippen molar-refractivity contribution in [2.24, 2.45) is 0 Å². The molecule has 1 heterocycles. The molecule has 1 atom stereocenters. The fourth-order valence-electron chi connectivity index (χ4n) is 3.04. The van der Waals surface area contributed by atoms with Crippen LogP contribution in [0.15, 0.2) is 53.7 Å². The van der Waals surface area contributed by atoms with Crippen LogP contribution in [-0.4, -0.2) is 38.0 Å². The molecule has 1 aromatic heterocycles. The van der Waals surface area contributed by atoms with Crippen LogP contribution in [0.2, 0.25) is 0 Å². The van der Waals surface area contributed by atoms with E-state index in [-0.39, 0.29) is 17.8 Å². The molecular weight excluding hydrogens is 398 g/mol. The molecule has 7 nitrogen and oxygen atoms in total. The number of hydrogen-bond donors (Lipinski definition) is 1. The minimum absolute atomic E-state index is 0.0000618. The zero-order chi connectivity index (χ0) is 21.7. The second-order valence-electron chi connectivity index (χ2n) is 7.27. The van der Waals surface area contributed by atoms with Gasteiger partial charge in [-0.25, -0.2) is 4.68 Å². The van der Waals surface area contributed by atoms with E-state index >= 15 is 0 Å². The quantitative estimate of drug-likeness (QED) is 0.440. The normalized spacial score (nSPS) is 11.9. The van der Waals surface area contributed by atoms with Gasteiger partial charge in [-0.1, -0.05) is 59.8 Å². The number of carbonyl (C=O) groups excluding carboxylic acids is 1. The number of rotatable bonds is 8. The molecule has 8 heteroatoms. The van der Waals surface area contributed by atoms with E-state index in [1.165, 1.54) is 22.0 Å². The first kappa shape index (κ1) is 21.7. The molecule has 0 aliphatic heterocycles. The molecule has 1 amide bonds. The first-order valence-corrected chi connectivity index (χ1v) is 10.6. The fraction of sp³-hybridized carbons (Fsp3) is 0.318. The summed E-state index contributed by atoms with van der Waals surface area (Å²) in [5, 5.41) is 8.38. The third-order valence-electron chi connectivity index (χ3n) is 4.69. The first-order chi connectivity index (χ1) is 14.3. The van der Waals surface area contributed by atoms with Gasteiger partial charge < -0.3 is 15.5 Å². The lowest BCUT2D eigenvalue weighted by Crippen LogP contribution is -2.33. The molecule has 2 aromatic carbocycles. The zero-order valence-corrected chi connectivity index (χ0v) is 18.5. The summed E-state index contributed by atoms with van der Waals surface area (Å²) in [6.07, 6.45) is 0. The second kappa shape index (κ2) is 9.67. The monoisotopic (exact) mass is 425 g/mol. The van der Waals surface area contributed by atoms with Crippen molar-refractivity contribution in [1.29, 1.82) is 0 Å². The van der Waals surface area contributed by atoms with Gasteiger partial charge in [-0.2, -0.15) is 0 Å².